The molecule has 1 aliphatic heterocycles. The molecule has 0 amide bonds. The monoisotopic (exact) mass is 304 g/mol. The predicted octanol–water partition coefficient (Wildman–Crippen LogP) is 3.99. The molecule has 2 rings (SSSR count). The highest BCUT2D eigenvalue weighted by Gasteiger charge is 2.28. The van der Waals surface area contributed by atoms with Gasteiger partial charge in [0.1, 0.15) is 24.6 Å². The number of ether oxygens (including phenoxy) is 3. The van der Waals surface area contributed by atoms with E-state index in [1.54, 1.807) is 12.5 Å². The lowest BCUT2D eigenvalue weighted by atomic mass is 10.1. The molecule has 0 radical (unpaired) electrons. The largest absolute Gasteiger partial charge is 0.494 e. The topological polar surface area (TPSA) is 44.8 Å². The summed E-state index contributed by atoms with van der Waals surface area (Å²) in [5.41, 5.74) is 1.23. The summed E-state index contributed by atoms with van der Waals surface area (Å²) in [4.78, 5) is 10.2. The van der Waals surface area contributed by atoms with Crippen LogP contribution in [0.5, 0.6) is 5.75 Å². The van der Waals surface area contributed by atoms with Crippen molar-refractivity contribution in [2.45, 2.75) is 51.2 Å². The van der Waals surface area contributed by atoms with Crippen LogP contribution in [-0.2, 0) is 20.7 Å². The minimum Gasteiger partial charge on any atom is -0.494 e. The van der Waals surface area contributed by atoms with Gasteiger partial charge in [-0.25, -0.2) is 0 Å². The van der Waals surface area contributed by atoms with Gasteiger partial charge in [0.15, 0.2) is 0 Å². The normalized spacial score (nSPS) is 15.1. The van der Waals surface area contributed by atoms with Crippen LogP contribution in [-0.4, -0.2) is 18.7 Å². The second kappa shape index (κ2) is 8.47. The van der Waals surface area contributed by atoms with E-state index in [2.05, 4.69) is 12.1 Å². The average Bonchev–Trinajstić information content (AvgIpc) is 2.97. The molecule has 1 aliphatic rings. The first kappa shape index (κ1) is 16.4. The molecule has 0 saturated carbocycles. The van der Waals surface area contributed by atoms with Crippen LogP contribution in [0.4, 0.5) is 0 Å². The van der Waals surface area contributed by atoms with Crippen LogP contribution >= 0.6 is 0 Å². The van der Waals surface area contributed by atoms with Crippen molar-refractivity contribution in [3.05, 3.63) is 42.4 Å². The highest BCUT2D eigenvalue weighted by Crippen LogP contribution is 2.25. The molecule has 1 aromatic rings. The Morgan fingerprint density at radius 1 is 1.09 bits per heavy atom. The molecular weight excluding hydrogens is 280 g/mol. The van der Waals surface area contributed by atoms with Crippen LogP contribution in [0.15, 0.2) is 36.8 Å². The van der Waals surface area contributed by atoms with Gasteiger partial charge in [0.2, 0.25) is 5.79 Å². The molecule has 0 unspecified atom stereocenters. The minimum absolute atomic E-state index is 0.531. The van der Waals surface area contributed by atoms with Crippen LogP contribution in [0, 0.1) is 0 Å². The SMILES string of the molecule is CC1(CCc2ccc(OCCCCCC=O)cc2)OC=CO1. The van der Waals surface area contributed by atoms with E-state index in [1.165, 1.54) is 5.56 Å². The molecule has 0 N–H and O–H groups in total. The van der Waals surface area contributed by atoms with Crippen molar-refractivity contribution in [1.82, 2.24) is 0 Å². The van der Waals surface area contributed by atoms with E-state index in [-0.39, 0.29) is 0 Å². The second-order valence-corrected chi connectivity index (χ2v) is 5.65. The highest BCUT2D eigenvalue weighted by atomic mass is 16.7. The number of rotatable bonds is 10. The summed E-state index contributed by atoms with van der Waals surface area (Å²) in [5.74, 6) is 0.358. The van der Waals surface area contributed by atoms with E-state index in [4.69, 9.17) is 14.2 Å². The third-order valence-electron chi connectivity index (χ3n) is 3.72. The van der Waals surface area contributed by atoms with Gasteiger partial charge < -0.3 is 19.0 Å². The standard InChI is InChI=1S/C18H24O4/c1-18(21-14-15-22-18)11-10-16-6-8-17(9-7-16)20-13-5-3-2-4-12-19/h6-9,12,14-15H,2-5,10-11,13H2,1H3. The van der Waals surface area contributed by atoms with Crippen molar-refractivity contribution >= 4 is 6.29 Å². The van der Waals surface area contributed by atoms with Gasteiger partial charge in [0.25, 0.3) is 0 Å². The Morgan fingerprint density at radius 3 is 2.50 bits per heavy atom. The van der Waals surface area contributed by atoms with Crippen molar-refractivity contribution in [3.63, 3.8) is 0 Å². The summed E-state index contributed by atoms with van der Waals surface area (Å²) in [6.07, 6.45) is 9.45. The molecule has 0 aromatic heterocycles. The number of hydrogen-bond donors (Lipinski definition) is 0. The van der Waals surface area contributed by atoms with Gasteiger partial charge >= 0.3 is 0 Å². The Morgan fingerprint density at radius 2 is 1.82 bits per heavy atom. The highest BCUT2D eigenvalue weighted by molar-refractivity contribution is 5.48. The maximum Gasteiger partial charge on any atom is 0.247 e. The summed E-state index contributed by atoms with van der Waals surface area (Å²) >= 11 is 0. The summed E-state index contributed by atoms with van der Waals surface area (Å²) in [6, 6.07) is 8.15. The van der Waals surface area contributed by atoms with E-state index in [0.29, 0.717) is 13.0 Å². The van der Waals surface area contributed by atoms with Crippen molar-refractivity contribution in [3.8, 4) is 5.75 Å². The number of carbonyl (C=O) groups excluding carboxylic acids is 1. The first-order chi connectivity index (χ1) is 10.7. The lowest BCUT2D eigenvalue weighted by molar-refractivity contribution is -0.130. The maximum atomic E-state index is 10.2. The minimum atomic E-state index is -0.531. The van der Waals surface area contributed by atoms with E-state index < -0.39 is 5.79 Å². The fraction of sp³-hybridized carbons (Fsp3) is 0.500. The maximum absolute atomic E-state index is 10.2. The van der Waals surface area contributed by atoms with Crippen LogP contribution in [0.1, 0.15) is 44.6 Å². The zero-order valence-electron chi connectivity index (χ0n) is 13.1. The van der Waals surface area contributed by atoms with E-state index in [9.17, 15) is 4.79 Å². The molecule has 0 saturated heterocycles. The number of aldehydes is 1. The van der Waals surface area contributed by atoms with E-state index in [1.807, 2.05) is 19.1 Å². The Hall–Kier alpha value is -1.97. The van der Waals surface area contributed by atoms with E-state index in [0.717, 1.165) is 44.1 Å². The smallest absolute Gasteiger partial charge is 0.247 e. The Bertz CT molecular complexity index is 470. The molecule has 4 heteroatoms. The third kappa shape index (κ3) is 5.43. The lowest BCUT2D eigenvalue weighted by Crippen LogP contribution is -2.25. The average molecular weight is 304 g/mol. The quantitative estimate of drug-likeness (QED) is 0.484. The fourth-order valence-corrected chi connectivity index (χ4v) is 2.31. The van der Waals surface area contributed by atoms with Gasteiger partial charge in [-0.15, -0.1) is 0 Å². The zero-order chi connectivity index (χ0) is 15.7. The molecule has 0 spiro atoms. The molecule has 0 atom stereocenters. The lowest BCUT2D eigenvalue weighted by Gasteiger charge is -2.22. The van der Waals surface area contributed by atoms with Crippen LogP contribution in [0.3, 0.4) is 0 Å². The van der Waals surface area contributed by atoms with Crippen molar-refractivity contribution < 1.29 is 19.0 Å². The molecule has 1 heterocycles. The number of hydrogen-bond acceptors (Lipinski definition) is 4. The van der Waals surface area contributed by atoms with Gasteiger partial charge in [-0.3, -0.25) is 0 Å². The number of unbranched alkanes of at least 4 members (excludes halogenated alkanes) is 3. The predicted molar refractivity (Wildman–Crippen MR) is 84.5 cm³/mol. The molecule has 0 bridgehead atoms. The van der Waals surface area contributed by atoms with Crippen molar-refractivity contribution in [1.29, 1.82) is 0 Å². The summed E-state index contributed by atoms with van der Waals surface area (Å²) in [7, 11) is 0. The van der Waals surface area contributed by atoms with Crippen molar-refractivity contribution in [2.75, 3.05) is 6.61 Å². The summed E-state index contributed by atoms with van der Waals surface area (Å²) in [5, 5.41) is 0. The second-order valence-electron chi connectivity index (χ2n) is 5.65. The molecular formula is C18H24O4. The summed E-state index contributed by atoms with van der Waals surface area (Å²) < 4.78 is 16.6. The third-order valence-corrected chi connectivity index (χ3v) is 3.72. The van der Waals surface area contributed by atoms with Gasteiger partial charge in [0, 0.05) is 19.8 Å². The zero-order valence-corrected chi connectivity index (χ0v) is 13.1. The molecule has 0 aliphatic carbocycles. The first-order valence-electron chi connectivity index (χ1n) is 7.88. The van der Waals surface area contributed by atoms with E-state index >= 15 is 0 Å². The van der Waals surface area contributed by atoms with Gasteiger partial charge in [0.05, 0.1) is 6.61 Å². The Labute approximate surface area is 132 Å². The van der Waals surface area contributed by atoms with Crippen LogP contribution in [0.2, 0.25) is 0 Å². The Kier molecular flexibility index (Phi) is 6.31. The Balaban J connectivity index is 1.65. The molecule has 4 nitrogen and oxygen atoms in total. The molecule has 22 heavy (non-hydrogen) atoms. The molecule has 0 fully saturated rings. The number of aryl methyl sites for hydroxylation is 1. The summed E-state index contributed by atoms with van der Waals surface area (Å²) in [6.45, 7) is 2.64. The van der Waals surface area contributed by atoms with Crippen LogP contribution < -0.4 is 4.74 Å². The van der Waals surface area contributed by atoms with Gasteiger partial charge in [-0.2, -0.15) is 0 Å². The van der Waals surface area contributed by atoms with Gasteiger partial charge in [-0.05, 0) is 43.4 Å². The number of benzene rings is 1. The first-order valence-corrected chi connectivity index (χ1v) is 7.88. The molecule has 120 valence electrons. The van der Waals surface area contributed by atoms with Gasteiger partial charge in [-0.1, -0.05) is 12.1 Å². The fourth-order valence-electron chi connectivity index (χ4n) is 2.31. The van der Waals surface area contributed by atoms with Crippen molar-refractivity contribution in [2.24, 2.45) is 0 Å². The van der Waals surface area contributed by atoms with Crippen LogP contribution in [0.25, 0.3) is 0 Å². The number of carbonyl (C=O) groups is 1. The molecule has 1 aromatic carbocycles.